The van der Waals surface area contributed by atoms with E-state index in [0.29, 0.717) is 0 Å². The lowest BCUT2D eigenvalue weighted by Crippen LogP contribution is -2.33. The Labute approximate surface area is 285 Å². The molecule has 0 fully saturated rings. The van der Waals surface area contributed by atoms with Crippen molar-refractivity contribution in [1.29, 1.82) is 0 Å². The molecule has 6 aromatic carbocycles. The number of nitrogens with one attached hydrogen (secondary N) is 1. The standard InChI is InChI=1S/C47H32N2/c1-2-11-29(12-3-1)38-27-32-13-4-5-15-34(32)44-43(38)37-24-22-33(42-25-23-31-21-20-30-14-10-26-48-45(30)46(31)49-42)28-41(37)47(44)39-18-8-6-16-35(39)36-17-7-9-19-40(36)47/h1-25,27-28,37,41,48H,26H2. The molecular weight excluding hydrogens is 593 g/mol. The number of anilines is 1. The van der Waals surface area contributed by atoms with Crippen LogP contribution in [0.4, 0.5) is 5.69 Å². The third-order valence-electron chi connectivity index (χ3n) is 11.5. The molecular formula is C47H32N2. The van der Waals surface area contributed by atoms with Crippen LogP contribution in [0.15, 0.2) is 158 Å². The molecule has 230 valence electrons. The van der Waals surface area contributed by atoms with E-state index in [1.807, 2.05) is 0 Å². The molecule has 0 saturated heterocycles. The van der Waals surface area contributed by atoms with Crippen LogP contribution in [-0.2, 0) is 5.41 Å². The number of allylic oxidation sites excluding steroid dienone is 4. The summed E-state index contributed by atoms with van der Waals surface area (Å²) in [6, 6.07) is 49.7. The molecule has 11 rings (SSSR count). The topological polar surface area (TPSA) is 24.9 Å². The van der Waals surface area contributed by atoms with E-state index >= 15 is 0 Å². The molecule has 7 aromatic rings. The van der Waals surface area contributed by atoms with Crippen LogP contribution in [0.2, 0.25) is 0 Å². The number of fused-ring (bicyclic) bond motifs is 15. The molecule has 49 heavy (non-hydrogen) atoms. The lowest BCUT2D eigenvalue weighted by Gasteiger charge is -2.37. The highest BCUT2D eigenvalue weighted by Gasteiger charge is 2.58. The Balaban J connectivity index is 1.23. The Morgan fingerprint density at radius 1 is 0.653 bits per heavy atom. The average molecular weight is 625 g/mol. The Morgan fingerprint density at radius 3 is 2.22 bits per heavy atom. The van der Waals surface area contributed by atoms with Gasteiger partial charge >= 0.3 is 0 Å². The number of benzene rings is 6. The molecule has 4 aliphatic rings. The summed E-state index contributed by atoms with van der Waals surface area (Å²) in [5, 5.41) is 7.39. The third kappa shape index (κ3) is 3.58. The summed E-state index contributed by atoms with van der Waals surface area (Å²) in [6.45, 7) is 0.821. The van der Waals surface area contributed by atoms with E-state index in [1.165, 1.54) is 66.4 Å². The summed E-state index contributed by atoms with van der Waals surface area (Å²) >= 11 is 0. The molecule has 2 heteroatoms. The molecule has 2 heterocycles. The Bertz CT molecular complexity index is 2580. The monoisotopic (exact) mass is 624 g/mol. The smallest absolute Gasteiger partial charge is 0.0947 e. The fourth-order valence-corrected chi connectivity index (χ4v) is 9.61. The summed E-state index contributed by atoms with van der Waals surface area (Å²) in [5.74, 6) is 0.349. The molecule has 3 aliphatic carbocycles. The van der Waals surface area contributed by atoms with Gasteiger partial charge in [0, 0.05) is 23.8 Å². The Hall–Kier alpha value is -5.99. The van der Waals surface area contributed by atoms with Gasteiger partial charge in [0.05, 0.1) is 22.3 Å². The second kappa shape index (κ2) is 10.0. The SMILES string of the molecule is C1=Cc2ccc3ccc(C4=CC5C(C=C4)c4c(-c6ccccc6)cc6ccccc6c4C54c5ccccc5-c5ccccc54)nc3c2NC1. The summed E-state index contributed by atoms with van der Waals surface area (Å²) in [5.41, 5.74) is 16.2. The van der Waals surface area contributed by atoms with Crippen molar-refractivity contribution < 1.29 is 0 Å². The molecule has 1 aliphatic heterocycles. The van der Waals surface area contributed by atoms with Crippen LogP contribution >= 0.6 is 0 Å². The van der Waals surface area contributed by atoms with Crippen molar-refractivity contribution in [3.8, 4) is 22.3 Å². The zero-order valence-electron chi connectivity index (χ0n) is 26.9. The largest absolute Gasteiger partial charge is 0.379 e. The molecule has 2 atom stereocenters. The van der Waals surface area contributed by atoms with Crippen molar-refractivity contribution in [3.63, 3.8) is 0 Å². The van der Waals surface area contributed by atoms with Crippen molar-refractivity contribution >= 4 is 39.0 Å². The van der Waals surface area contributed by atoms with Crippen LogP contribution in [0.3, 0.4) is 0 Å². The molecule has 0 bridgehead atoms. The van der Waals surface area contributed by atoms with Gasteiger partial charge in [0.1, 0.15) is 0 Å². The maximum Gasteiger partial charge on any atom is 0.0947 e. The number of hydrogen-bond donors (Lipinski definition) is 1. The van der Waals surface area contributed by atoms with Crippen LogP contribution in [-0.4, -0.2) is 11.5 Å². The van der Waals surface area contributed by atoms with E-state index in [9.17, 15) is 0 Å². The van der Waals surface area contributed by atoms with Gasteiger partial charge in [0.25, 0.3) is 0 Å². The lowest BCUT2D eigenvalue weighted by molar-refractivity contribution is 0.469. The lowest BCUT2D eigenvalue weighted by atomic mass is 9.64. The second-order valence-corrected chi connectivity index (χ2v) is 13.8. The summed E-state index contributed by atoms with van der Waals surface area (Å²) in [7, 11) is 0. The van der Waals surface area contributed by atoms with Crippen LogP contribution in [0.5, 0.6) is 0 Å². The fourth-order valence-electron chi connectivity index (χ4n) is 9.61. The first kappa shape index (κ1) is 27.0. The van der Waals surface area contributed by atoms with Crippen molar-refractivity contribution in [2.45, 2.75) is 11.3 Å². The zero-order valence-corrected chi connectivity index (χ0v) is 26.9. The molecule has 1 aromatic heterocycles. The molecule has 1 N–H and O–H groups in total. The zero-order chi connectivity index (χ0) is 32.1. The summed E-state index contributed by atoms with van der Waals surface area (Å²) in [4.78, 5) is 5.38. The van der Waals surface area contributed by atoms with Crippen LogP contribution in [0, 0.1) is 5.92 Å². The van der Waals surface area contributed by atoms with Crippen LogP contribution in [0.25, 0.3) is 55.6 Å². The summed E-state index contributed by atoms with van der Waals surface area (Å²) in [6.07, 6.45) is 11.8. The van der Waals surface area contributed by atoms with Crippen molar-refractivity contribution in [3.05, 3.63) is 191 Å². The van der Waals surface area contributed by atoms with E-state index < -0.39 is 0 Å². The first-order valence-corrected chi connectivity index (χ1v) is 17.4. The van der Waals surface area contributed by atoms with Gasteiger partial charge in [-0.15, -0.1) is 0 Å². The molecule has 1 spiro atoms. The molecule has 2 nitrogen and oxygen atoms in total. The van der Waals surface area contributed by atoms with E-state index in [2.05, 4.69) is 169 Å². The van der Waals surface area contributed by atoms with Gasteiger partial charge in [-0.2, -0.15) is 0 Å². The predicted molar refractivity (Wildman–Crippen MR) is 204 cm³/mol. The fraction of sp³-hybridized carbons (Fsp3) is 0.0851. The van der Waals surface area contributed by atoms with Gasteiger partial charge in [-0.25, -0.2) is 4.98 Å². The number of rotatable bonds is 2. The first-order chi connectivity index (χ1) is 24.3. The number of hydrogen-bond acceptors (Lipinski definition) is 2. The Kier molecular flexibility index (Phi) is 5.52. The maximum atomic E-state index is 5.38. The normalized spacial score (nSPS) is 18.8. The van der Waals surface area contributed by atoms with Gasteiger partial charge in [-0.05, 0) is 78.5 Å². The minimum absolute atomic E-state index is 0.156. The van der Waals surface area contributed by atoms with E-state index in [4.69, 9.17) is 4.98 Å². The highest BCUT2D eigenvalue weighted by molar-refractivity contribution is 6.01. The molecule has 0 saturated carbocycles. The van der Waals surface area contributed by atoms with E-state index in [-0.39, 0.29) is 17.3 Å². The maximum absolute atomic E-state index is 5.38. The summed E-state index contributed by atoms with van der Waals surface area (Å²) < 4.78 is 0. The van der Waals surface area contributed by atoms with Gasteiger partial charge in [0.2, 0.25) is 0 Å². The van der Waals surface area contributed by atoms with Crippen molar-refractivity contribution in [1.82, 2.24) is 4.98 Å². The highest BCUT2D eigenvalue weighted by Crippen LogP contribution is 2.68. The van der Waals surface area contributed by atoms with Gasteiger partial charge < -0.3 is 5.32 Å². The molecule has 2 unspecified atom stereocenters. The minimum Gasteiger partial charge on any atom is -0.379 e. The third-order valence-corrected chi connectivity index (χ3v) is 11.5. The molecule has 0 radical (unpaired) electrons. The van der Waals surface area contributed by atoms with Crippen LogP contribution in [0.1, 0.15) is 39.4 Å². The number of aromatic nitrogens is 1. The highest BCUT2D eigenvalue weighted by atomic mass is 14.9. The van der Waals surface area contributed by atoms with Crippen molar-refractivity contribution in [2.75, 3.05) is 11.9 Å². The van der Waals surface area contributed by atoms with Crippen molar-refractivity contribution in [2.24, 2.45) is 5.92 Å². The first-order valence-electron chi connectivity index (χ1n) is 17.4. The number of nitrogens with zero attached hydrogens (tertiary/aromatic N) is 1. The van der Waals surface area contributed by atoms with Gasteiger partial charge in [0.15, 0.2) is 0 Å². The quantitative estimate of drug-likeness (QED) is 0.207. The molecule has 0 amide bonds. The van der Waals surface area contributed by atoms with E-state index in [1.54, 1.807) is 0 Å². The average Bonchev–Trinajstić information content (AvgIpc) is 3.65. The Morgan fingerprint density at radius 2 is 1.39 bits per heavy atom. The minimum atomic E-state index is -0.365. The van der Waals surface area contributed by atoms with Gasteiger partial charge in [-0.3, -0.25) is 0 Å². The second-order valence-electron chi connectivity index (χ2n) is 13.8. The van der Waals surface area contributed by atoms with Crippen LogP contribution < -0.4 is 5.32 Å². The predicted octanol–water partition coefficient (Wildman–Crippen LogP) is 11.2. The number of pyridine rings is 1. The van der Waals surface area contributed by atoms with E-state index in [0.717, 1.165) is 28.8 Å². The van der Waals surface area contributed by atoms with Gasteiger partial charge in [-0.1, -0.05) is 152 Å².